The molecule has 0 bridgehead atoms. The molecule has 12 unspecified atom stereocenters. The average Bonchev–Trinajstić information content (AvgIpc) is 3.22. The molecule has 0 aromatic carbocycles. The summed E-state index contributed by atoms with van der Waals surface area (Å²) in [5.74, 6) is -8.12. The number of hydrogen-bond acceptors (Lipinski definition) is 28. The van der Waals surface area contributed by atoms with Crippen LogP contribution >= 0.6 is 0 Å². The zero-order chi connectivity index (χ0) is 51.5. The largest absolute Gasteiger partial charge is 0.542 e. The molecule has 0 aromatic heterocycles. The van der Waals surface area contributed by atoms with Crippen LogP contribution in [0, 0.1) is 0 Å². The zero-order valence-electron chi connectivity index (χ0n) is 33.1. The first kappa shape index (κ1) is 74.5. The summed E-state index contributed by atoms with van der Waals surface area (Å²) in [6, 6.07) is 0. The molecule has 0 radical (unpaired) electrons. The fraction of sp³-hybridized carbons (Fsp3) is 0.688. The van der Waals surface area contributed by atoms with Gasteiger partial charge in [-0.25, -0.2) is 8.78 Å². The third-order valence-corrected chi connectivity index (χ3v) is 5.71. The van der Waals surface area contributed by atoms with Gasteiger partial charge in [0.05, 0.1) is 36.6 Å². The number of alkyl halides is 2. The van der Waals surface area contributed by atoms with Crippen LogP contribution in [0.5, 0.6) is 0 Å². The molecule has 0 saturated carbocycles. The number of carbonyl (C=O) groups is 8. The van der Waals surface area contributed by atoms with Gasteiger partial charge in [0, 0.05) is 12.8 Å². The second-order valence-corrected chi connectivity index (χ2v) is 10.9. The second kappa shape index (κ2) is 48.7. The summed E-state index contributed by atoms with van der Waals surface area (Å²) in [6.45, 7) is 1.32. The Hall–Kier alpha value is -4.98. The van der Waals surface area contributed by atoms with Gasteiger partial charge >= 0.3 is 12.3 Å². The topological polar surface area (TPSA) is 534 Å². The van der Waals surface area contributed by atoms with Gasteiger partial charge in [-0.05, 0) is 27.7 Å². The van der Waals surface area contributed by atoms with Crippen molar-refractivity contribution in [3.8, 4) is 0 Å². The first-order chi connectivity index (χ1) is 28.4. The van der Waals surface area contributed by atoms with Gasteiger partial charge in [0.15, 0.2) is 30.2 Å². The molecule has 0 aromatic rings. The molecular formula is C32H52F2O28-2. The minimum atomic E-state index is -2.12. The Morgan fingerprint density at radius 2 is 0.871 bits per heavy atom. The summed E-state index contributed by atoms with van der Waals surface area (Å²) in [4.78, 5) is 111. The van der Waals surface area contributed by atoms with E-state index in [4.69, 9.17) is 90.7 Å². The van der Waals surface area contributed by atoms with Gasteiger partial charge in [-0.3, -0.25) is 19.2 Å². The molecule has 0 spiro atoms. The normalized spacial score (nSPS) is 15.2. The van der Waals surface area contributed by atoms with Crippen LogP contribution in [-0.4, -0.2) is 231 Å². The number of aliphatic hydroxyl groups excluding tert-OH is 14. The molecule has 62 heavy (non-hydrogen) atoms. The second-order valence-electron chi connectivity index (χ2n) is 10.9. The van der Waals surface area contributed by atoms with Gasteiger partial charge in [-0.1, -0.05) is 0 Å². The third-order valence-electron chi connectivity index (χ3n) is 5.71. The van der Waals surface area contributed by atoms with Gasteiger partial charge in [0.25, 0.3) is 0 Å². The van der Waals surface area contributed by atoms with Gasteiger partial charge in [0.2, 0.25) is 11.6 Å². The molecule has 14 N–H and O–H groups in total. The van der Waals surface area contributed by atoms with Gasteiger partial charge in [0.1, 0.15) is 69.1 Å². The van der Waals surface area contributed by atoms with Crippen molar-refractivity contribution in [3.05, 3.63) is 0 Å². The fourth-order valence-corrected chi connectivity index (χ4v) is 2.19. The lowest BCUT2D eigenvalue weighted by atomic mass is 10.0. The van der Waals surface area contributed by atoms with Crippen LogP contribution in [-0.2, 0) is 57.5 Å². The van der Waals surface area contributed by atoms with Gasteiger partial charge in [-0.2, -0.15) is 19.2 Å². The number of Topliss-reactive ketones (excluding diaryl/α,β-unsaturated/α-hetero) is 4. The standard InChI is InChI=1S/C7H13FO5.C7H14O5.C5H9FO3.C5H10O3.2C3H4O4.2CO2/c1-3(10)5(8)7(13)6(12)4(11)2-9;1-4(9)5(10)2-6(11)7(12)3-8;1-3(8)5(6)4(9)2-7;1-4(7)5(8)2-3-6;2*4-1-2(5)3(6)7;2*2-1-3/h3,5-7,9-10,12-13H,2H2,1H3;4-6,8-11H,2-3H2,1H3;2-5,8-9H,1H3;3-5,7-8H,2H2,1H3;2*4H,1H2,(H,6,7);;/p-2. The monoisotopic (exact) mass is 922 g/mol. The number of halogens is 2. The van der Waals surface area contributed by atoms with E-state index in [1.165, 1.54) is 13.8 Å². The molecule has 0 amide bonds. The summed E-state index contributed by atoms with van der Waals surface area (Å²) < 4.78 is 25.0. The summed E-state index contributed by atoms with van der Waals surface area (Å²) in [5, 5.41) is 138. The molecule has 0 aliphatic heterocycles. The van der Waals surface area contributed by atoms with Crippen molar-refractivity contribution in [2.45, 2.75) is 114 Å². The number of carbonyl (C=O) groups excluding carboxylic acids is 12. The predicted octanol–water partition coefficient (Wildman–Crippen LogP) is -12.0. The number of carboxylic acids is 2. The number of carboxylic acid groups (broad SMARTS) is 2. The number of aldehydes is 2. The highest BCUT2D eigenvalue weighted by Crippen LogP contribution is 2.09. The Balaban J connectivity index is -0.0000000928. The minimum Gasteiger partial charge on any atom is -0.542 e. The maximum absolute atomic E-state index is 12.8. The van der Waals surface area contributed by atoms with E-state index < -0.39 is 135 Å². The molecular weight excluding hydrogens is 870 g/mol. The van der Waals surface area contributed by atoms with Crippen LogP contribution in [0.4, 0.5) is 8.78 Å². The number of rotatable bonds is 20. The van der Waals surface area contributed by atoms with Crippen molar-refractivity contribution in [3.63, 3.8) is 0 Å². The highest BCUT2D eigenvalue weighted by atomic mass is 19.1. The van der Waals surface area contributed by atoms with Crippen molar-refractivity contribution in [2.24, 2.45) is 0 Å². The van der Waals surface area contributed by atoms with E-state index in [-0.39, 0.29) is 31.4 Å². The predicted molar refractivity (Wildman–Crippen MR) is 182 cm³/mol. The van der Waals surface area contributed by atoms with E-state index in [0.29, 0.717) is 6.29 Å². The first-order valence-corrected chi connectivity index (χ1v) is 16.3. The molecule has 0 fully saturated rings. The Morgan fingerprint density at radius 1 is 0.548 bits per heavy atom. The van der Waals surface area contributed by atoms with Crippen LogP contribution < -0.4 is 10.2 Å². The van der Waals surface area contributed by atoms with Crippen LogP contribution in [0.3, 0.4) is 0 Å². The third kappa shape index (κ3) is 51.2. The van der Waals surface area contributed by atoms with Crippen LogP contribution in [0.25, 0.3) is 0 Å². The number of ketones is 4. The highest BCUT2D eigenvalue weighted by Gasteiger charge is 2.33. The fourth-order valence-electron chi connectivity index (χ4n) is 2.19. The Morgan fingerprint density at radius 3 is 1.03 bits per heavy atom. The summed E-state index contributed by atoms with van der Waals surface area (Å²) in [5.41, 5.74) is 0. The van der Waals surface area contributed by atoms with Crippen LogP contribution in [0.1, 0.15) is 40.5 Å². The summed E-state index contributed by atoms with van der Waals surface area (Å²) in [7, 11) is 0. The van der Waals surface area contributed by atoms with Gasteiger partial charge < -0.3 is 101 Å². The maximum atomic E-state index is 12.8. The maximum Gasteiger partial charge on any atom is 0.373 e. The molecule has 0 rings (SSSR count). The van der Waals surface area contributed by atoms with Crippen molar-refractivity contribution >= 4 is 59.9 Å². The van der Waals surface area contributed by atoms with E-state index >= 15 is 0 Å². The molecule has 0 aliphatic carbocycles. The Labute approximate surface area is 348 Å². The van der Waals surface area contributed by atoms with E-state index in [1.807, 2.05) is 0 Å². The molecule has 28 nitrogen and oxygen atoms in total. The van der Waals surface area contributed by atoms with Crippen molar-refractivity contribution in [2.75, 3.05) is 26.4 Å². The number of hydrogen-bond donors (Lipinski definition) is 14. The lowest BCUT2D eigenvalue weighted by Gasteiger charge is -2.21. The van der Waals surface area contributed by atoms with Crippen LogP contribution in [0.2, 0.25) is 0 Å². The quantitative estimate of drug-likeness (QED) is 0.0398. The average molecular weight is 923 g/mol. The molecule has 364 valence electrons. The summed E-state index contributed by atoms with van der Waals surface area (Å²) >= 11 is 0. The van der Waals surface area contributed by atoms with Crippen LogP contribution in [0.15, 0.2) is 0 Å². The van der Waals surface area contributed by atoms with E-state index in [1.54, 1.807) is 0 Å². The smallest absolute Gasteiger partial charge is 0.373 e. The number of aliphatic hydroxyl groups is 14. The lowest BCUT2D eigenvalue weighted by molar-refractivity contribution is -0.301. The lowest BCUT2D eigenvalue weighted by Crippen LogP contribution is -2.45. The Kier molecular flexibility index (Phi) is 58.5. The molecule has 0 heterocycles. The first-order valence-electron chi connectivity index (χ1n) is 16.3. The van der Waals surface area contributed by atoms with Gasteiger partial charge in [-0.15, -0.1) is 0 Å². The van der Waals surface area contributed by atoms with E-state index in [9.17, 15) is 57.4 Å². The number of aliphatic carboxylic acids is 2. The molecule has 0 saturated heterocycles. The molecule has 12 atom stereocenters. The van der Waals surface area contributed by atoms with Crippen molar-refractivity contribution in [1.82, 2.24) is 0 Å². The zero-order valence-corrected chi connectivity index (χ0v) is 33.1. The van der Waals surface area contributed by atoms with E-state index in [0.717, 1.165) is 13.8 Å². The SMILES string of the molecule is CC(O)C(F)C(O)C(O)C(=O)CO.CC(O)C(F)C(O)C=O.CC(O)C(O)CC(O)C(=O)CO.CC(O)C(O)CC=O.O=C([O-])C(=O)CO.O=C([O-])C(=O)CO.O=C=O.O=C=O. The minimum absolute atomic E-state index is 0.0116. The van der Waals surface area contributed by atoms with Crippen molar-refractivity contribution < 1.29 is 148 Å². The van der Waals surface area contributed by atoms with E-state index in [2.05, 4.69) is 0 Å². The van der Waals surface area contributed by atoms with Crippen molar-refractivity contribution in [1.29, 1.82) is 0 Å². The molecule has 0 aliphatic rings. The highest BCUT2D eigenvalue weighted by molar-refractivity contribution is 6.32. The molecule has 30 heteroatoms. The summed E-state index contributed by atoms with van der Waals surface area (Å²) in [6.07, 6.45) is -16.9. The Bertz CT molecular complexity index is 1240.